The molecule has 1 amide bonds. The predicted molar refractivity (Wildman–Crippen MR) is 200 cm³/mol. The number of carbonyl (C=O) groups is 3. The van der Waals surface area contributed by atoms with E-state index in [0.29, 0.717) is 5.56 Å². The number of hydrogen-bond acceptors (Lipinski definition) is 11. The number of amides is 1. The number of nitrogens with one attached hydrogen (secondary N) is 4. The molecular formula is C34H35F9N8O9S. The maximum Gasteiger partial charge on any atom is 0.573 e. The Bertz CT molecular complexity index is 2270. The molecule has 0 bridgehead atoms. The number of carboxylic acid groups (broad SMARTS) is 2. The molecule has 0 spiro atoms. The summed E-state index contributed by atoms with van der Waals surface area (Å²) in [6.45, 7) is -0.624. The lowest BCUT2D eigenvalue weighted by atomic mass is 10.1. The molecule has 0 unspecified atom stereocenters. The van der Waals surface area contributed by atoms with Crippen LogP contribution in [0, 0.1) is 5.41 Å². The number of nitrogens with zero attached hydrogens (tertiary/aromatic N) is 2. The monoisotopic (exact) mass is 902 g/mol. The number of sulfonamides is 1. The van der Waals surface area contributed by atoms with Gasteiger partial charge < -0.3 is 37.1 Å². The number of nitrogens with two attached hydrogens (primary N) is 2. The van der Waals surface area contributed by atoms with E-state index in [9.17, 15) is 57.5 Å². The van der Waals surface area contributed by atoms with Gasteiger partial charge in [0.1, 0.15) is 18.1 Å². The second-order valence-corrected chi connectivity index (χ2v) is 13.4. The van der Waals surface area contributed by atoms with Gasteiger partial charge in [-0.2, -0.15) is 26.3 Å². The van der Waals surface area contributed by atoms with Gasteiger partial charge in [0.05, 0.1) is 22.5 Å². The van der Waals surface area contributed by atoms with Gasteiger partial charge in [-0.05, 0) is 61.9 Å². The molecule has 0 saturated carbocycles. The minimum atomic E-state index is -5.08. The molecule has 4 aromatic rings. The average Bonchev–Trinajstić information content (AvgIpc) is 3.11. The summed E-state index contributed by atoms with van der Waals surface area (Å²) in [5.74, 6) is -3.99. The molecule has 10 N–H and O–H groups in total. The summed E-state index contributed by atoms with van der Waals surface area (Å²) in [5.41, 5.74) is 12.6. The second-order valence-electron chi connectivity index (χ2n) is 11.7. The summed E-state index contributed by atoms with van der Waals surface area (Å²) in [4.78, 5) is 47.7. The van der Waals surface area contributed by atoms with E-state index < -0.39 is 59.0 Å². The van der Waals surface area contributed by atoms with Crippen LogP contribution in [0.4, 0.5) is 56.7 Å². The molecule has 1 heterocycles. The van der Waals surface area contributed by atoms with E-state index in [-0.39, 0.29) is 58.2 Å². The fourth-order valence-electron chi connectivity index (χ4n) is 4.34. The maximum absolute atomic E-state index is 13.5. The van der Waals surface area contributed by atoms with E-state index in [0.717, 1.165) is 29.8 Å². The van der Waals surface area contributed by atoms with Gasteiger partial charge in [0.15, 0.2) is 5.82 Å². The third kappa shape index (κ3) is 19.0. The summed E-state index contributed by atoms with van der Waals surface area (Å²) in [5, 5.41) is 27.2. The average molecular weight is 903 g/mol. The number of rotatable bonds is 12. The summed E-state index contributed by atoms with van der Waals surface area (Å²) in [6.07, 6.45) is -8.69. The standard InChI is InChI=1S/C30H31F3N8O5S.C2HF3O2.CHF3.CH2O2/c1-17(2)39-28-29(43)41(16-26(42)37-14-18-3-5-19(6-4-18)27(35)36)25(15-38-28)20-11-21(34)13-22(12-20)40-47(44,45)24-9-7-23(8-10-24)46-30(31,32)33;3-2(4,5)1(6)7;2-1(3)4;2-1-3/h3-13,15,17,40H,14,16,34H2,1-2H3,(H3,35,36)(H,37,42)(H,38,39);(H,6,7);1H;1H,(H,2,3). The van der Waals surface area contributed by atoms with Crippen LogP contribution < -0.4 is 37.1 Å². The molecule has 4 rings (SSSR count). The van der Waals surface area contributed by atoms with Crippen molar-refractivity contribution in [1.82, 2.24) is 14.9 Å². The predicted octanol–water partition coefficient (Wildman–Crippen LogP) is 5.13. The highest BCUT2D eigenvalue weighted by molar-refractivity contribution is 7.92. The number of hydrogen-bond donors (Lipinski definition) is 8. The smallest absolute Gasteiger partial charge is 0.483 e. The lowest BCUT2D eigenvalue weighted by molar-refractivity contribution is -0.274. The Balaban J connectivity index is 0.00000115. The quantitative estimate of drug-likeness (QED) is 0.0302. The van der Waals surface area contributed by atoms with E-state index in [4.69, 9.17) is 36.7 Å². The Morgan fingerprint density at radius 2 is 1.51 bits per heavy atom. The summed E-state index contributed by atoms with van der Waals surface area (Å²) in [6, 6.07) is 14.2. The Morgan fingerprint density at radius 3 is 1.97 bits per heavy atom. The van der Waals surface area contributed by atoms with Crippen molar-refractivity contribution in [2.24, 2.45) is 5.73 Å². The first-order valence-electron chi connectivity index (χ1n) is 16.3. The molecule has 1 aromatic heterocycles. The molecule has 27 heteroatoms. The SMILES string of the molecule is CC(C)Nc1ncc(-c2cc(N)cc(NS(=O)(=O)c3ccc(OC(F)(F)F)cc3)c2)n(CC(=O)NCc2ccc(C(=N)N)cc2)c1=O.FC(F)F.O=C(O)C(F)(F)F.O=CO. The zero-order valence-corrected chi connectivity index (χ0v) is 32.0. The first-order chi connectivity index (χ1) is 28.1. The lowest BCUT2D eigenvalue weighted by Crippen LogP contribution is -2.35. The highest BCUT2D eigenvalue weighted by Gasteiger charge is 2.38. The first-order valence-corrected chi connectivity index (χ1v) is 17.7. The minimum absolute atomic E-state index is 0.0147. The third-order valence-electron chi connectivity index (χ3n) is 6.65. The van der Waals surface area contributed by atoms with Gasteiger partial charge in [-0.15, -0.1) is 13.2 Å². The van der Waals surface area contributed by atoms with Crippen LogP contribution in [0.15, 0.2) is 82.6 Å². The number of halogens is 9. The number of carboxylic acids is 1. The number of ether oxygens (including phenoxy) is 1. The second kappa shape index (κ2) is 22.9. The minimum Gasteiger partial charge on any atom is -0.483 e. The van der Waals surface area contributed by atoms with Crippen molar-refractivity contribution >= 4 is 51.4 Å². The van der Waals surface area contributed by atoms with Crippen LogP contribution in [-0.4, -0.2) is 77.6 Å². The van der Waals surface area contributed by atoms with E-state index in [1.165, 1.54) is 29.0 Å². The normalized spacial score (nSPS) is 11.0. The summed E-state index contributed by atoms with van der Waals surface area (Å²) >= 11 is 0. The number of aromatic nitrogens is 2. The highest BCUT2D eigenvalue weighted by atomic mass is 32.2. The molecule has 0 fully saturated rings. The number of carbonyl (C=O) groups excluding carboxylic acids is 1. The fraction of sp³-hybridized carbons (Fsp3) is 0.235. The molecule has 0 saturated heterocycles. The van der Waals surface area contributed by atoms with Crippen LogP contribution in [0.3, 0.4) is 0 Å². The van der Waals surface area contributed by atoms with E-state index >= 15 is 0 Å². The number of benzene rings is 3. The van der Waals surface area contributed by atoms with Crippen LogP contribution in [-0.2, 0) is 37.5 Å². The van der Waals surface area contributed by atoms with Gasteiger partial charge >= 0.3 is 25.2 Å². The molecule has 334 valence electrons. The topological polar surface area (TPSA) is 282 Å². The number of nitrogen functional groups attached to an aromatic ring is 2. The highest BCUT2D eigenvalue weighted by Crippen LogP contribution is 2.29. The van der Waals surface area contributed by atoms with Gasteiger partial charge in [0, 0.05) is 29.4 Å². The van der Waals surface area contributed by atoms with Gasteiger partial charge in [-0.25, -0.2) is 18.2 Å². The summed E-state index contributed by atoms with van der Waals surface area (Å²) in [7, 11) is -4.31. The molecule has 0 aliphatic rings. The van der Waals surface area contributed by atoms with Crippen LogP contribution in [0.2, 0.25) is 0 Å². The number of anilines is 3. The molecule has 0 radical (unpaired) electrons. The summed E-state index contributed by atoms with van der Waals surface area (Å²) < 4.78 is 132. The van der Waals surface area contributed by atoms with E-state index in [2.05, 4.69) is 25.1 Å². The third-order valence-corrected chi connectivity index (χ3v) is 8.05. The first kappa shape index (κ1) is 52.0. The largest absolute Gasteiger partial charge is 0.573 e. The Kier molecular flexibility index (Phi) is 19.5. The molecular weight excluding hydrogens is 867 g/mol. The maximum atomic E-state index is 13.5. The Hall–Kier alpha value is -7.06. The van der Waals surface area contributed by atoms with Crippen molar-refractivity contribution in [1.29, 1.82) is 5.41 Å². The molecule has 3 aromatic carbocycles. The molecule has 0 aliphatic carbocycles. The van der Waals surface area contributed by atoms with Crippen molar-refractivity contribution in [2.75, 3.05) is 15.8 Å². The van der Waals surface area contributed by atoms with Crippen molar-refractivity contribution < 1.29 is 77.3 Å². The molecule has 17 nitrogen and oxygen atoms in total. The number of aliphatic carboxylic acids is 1. The van der Waals surface area contributed by atoms with Gasteiger partial charge in [-0.1, -0.05) is 24.3 Å². The van der Waals surface area contributed by atoms with Crippen LogP contribution in [0.5, 0.6) is 5.75 Å². The van der Waals surface area contributed by atoms with Crippen molar-refractivity contribution in [3.05, 3.63) is 94.4 Å². The van der Waals surface area contributed by atoms with Crippen LogP contribution in [0.1, 0.15) is 25.0 Å². The zero-order chi connectivity index (χ0) is 46.9. The van der Waals surface area contributed by atoms with Gasteiger partial charge in [-0.3, -0.25) is 29.1 Å². The van der Waals surface area contributed by atoms with Crippen molar-refractivity contribution in [2.45, 2.75) is 57.1 Å². The van der Waals surface area contributed by atoms with Crippen molar-refractivity contribution in [3.63, 3.8) is 0 Å². The Labute approximate surface area is 338 Å². The molecule has 0 atom stereocenters. The van der Waals surface area contributed by atoms with E-state index in [1.807, 2.05) is 0 Å². The van der Waals surface area contributed by atoms with Gasteiger partial charge in [0.25, 0.3) is 22.1 Å². The lowest BCUT2D eigenvalue weighted by Gasteiger charge is -2.17. The zero-order valence-electron chi connectivity index (χ0n) is 31.2. The number of amidine groups is 1. The van der Waals surface area contributed by atoms with Crippen LogP contribution >= 0.6 is 0 Å². The van der Waals surface area contributed by atoms with Crippen molar-refractivity contribution in [3.8, 4) is 17.0 Å². The molecule has 61 heavy (non-hydrogen) atoms. The fourth-order valence-corrected chi connectivity index (χ4v) is 5.38. The Morgan fingerprint density at radius 1 is 0.984 bits per heavy atom. The van der Waals surface area contributed by atoms with E-state index in [1.54, 1.807) is 38.1 Å². The number of alkyl halides is 9. The van der Waals surface area contributed by atoms with Crippen LogP contribution in [0.25, 0.3) is 11.3 Å². The molecule has 0 aliphatic heterocycles. The van der Waals surface area contributed by atoms with Gasteiger partial charge in [0.2, 0.25) is 5.91 Å².